The summed E-state index contributed by atoms with van der Waals surface area (Å²) >= 11 is 0. The Hall–Kier alpha value is -2.83. The van der Waals surface area contributed by atoms with Gasteiger partial charge >= 0.3 is 0 Å². The van der Waals surface area contributed by atoms with Gasteiger partial charge in [0.1, 0.15) is 11.5 Å². The molecule has 2 aromatic carbocycles. The van der Waals surface area contributed by atoms with Crippen LogP contribution in [0.1, 0.15) is 102 Å². The largest absolute Gasteiger partial charge is 0.496 e. The molecule has 0 spiro atoms. The van der Waals surface area contributed by atoms with Crippen LogP contribution in [0.2, 0.25) is 0 Å². The van der Waals surface area contributed by atoms with E-state index in [-0.39, 0.29) is 20.8 Å². The van der Waals surface area contributed by atoms with Crippen LogP contribution in [0.4, 0.5) is 0 Å². The first kappa shape index (κ1) is 30.1. The number of ketones is 1. The molecule has 1 N–H and O–H groups in total. The highest BCUT2D eigenvalue weighted by Crippen LogP contribution is 2.41. The zero-order valence-electron chi connectivity index (χ0n) is 25.3. The Kier molecular flexibility index (Phi) is 10.7. The molecule has 2 aliphatic heterocycles. The fourth-order valence-corrected chi connectivity index (χ4v) is 5.77. The summed E-state index contributed by atoms with van der Waals surface area (Å²) in [4.78, 5) is 18.1. The van der Waals surface area contributed by atoms with Crippen LogP contribution in [0.15, 0.2) is 36.5 Å². The predicted molar refractivity (Wildman–Crippen MR) is 167 cm³/mol. The van der Waals surface area contributed by atoms with E-state index >= 15 is 0 Å². The third-order valence-electron chi connectivity index (χ3n) is 7.79. The van der Waals surface area contributed by atoms with Crippen LogP contribution in [-0.4, -0.2) is 48.6 Å². The van der Waals surface area contributed by atoms with Gasteiger partial charge in [-0.25, -0.2) is 0 Å². The minimum Gasteiger partial charge on any atom is -0.496 e. The average Bonchev–Trinajstić information content (AvgIpc) is 3.42. The summed E-state index contributed by atoms with van der Waals surface area (Å²) in [7, 11) is 1.75. The van der Waals surface area contributed by atoms with Crippen molar-refractivity contribution in [3.05, 3.63) is 58.8 Å². The number of nitrogens with zero attached hydrogens (tertiary/aromatic N) is 1. The summed E-state index contributed by atoms with van der Waals surface area (Å²) in [5, 5.41) is 1.21. The Morgan fingerprint density at radius 1 is 1.12 bits per heavy atom. The minimum absolute atomic E-state index is 0. The molecule has 6 nitrogen and oxygen atoms in total. The van der Waals surface area contributed by atoms with Gasteiger partial charge < -0.3 is 19.2 Å². The van der Waals surface area contributed by atoms with Crippen molar-refractivity contribution in [1.29, 1.82) is 0 Å². The van der Waals surface area contributed by atoms with Gasteiger partial charge in [-0.3, -0.25) is 9.69 Å². The molecular weight excluding hydrogens is 500 g/mol. The molecule has 6 heteroatoms. The van der Waals surface area contributed by atoms with E-state index in [0.717, 1.165) is 86.7 Å². The molecule has 3 aromatic rings. The van der Waals surface area contributed by atoms with Crippen LogP contribution in [0.25, 0.3) is 10.9 Å². The Morgan fingerprint density at radius 2 is 1.88 bits per heavy atom. The van der Waals surface area contributed by atoms with Crippen molar-refractivity contribution in [2.45, 2.75) is 91.8 Å². The molecule has 40 heavy (non-hydrogen) atoms. The van der Waals surface area contributed by atoms with Gasteiger partial charge in [0.15, 0.2) is 5.78 Å². The van der Waals surface area contributed by atoms with Crippen molar-refractivity contribution in [2.75, 3.05) is 26.9 Å². The average molecular weight is 553 g/mol. The number of piperidine rings is 1. The lowest BCUT2D eigenvalue weighted by atomic mass is 9.90. The highest BCUT2D eigenvalue weighted by molar-refractivity contribution is 5.94. The number of ether oxygens (including phenoxy) is 3. The van der Waals surface area contributed by atoms with Gasteiger partial charge in [0, 0.05) is 62.4 Å². The number of methoxy groups -OCH3 is 1. The van der Waals surface area contributed by atoms with E-state index in [1.54, 1.807) is 14.0 Å². The van der Waals surface area contributed by atoms with Crippen LogP contribution in [0, 0.1) is 12.8 Å². The van der Waals surface area contributed by atoms with Crippen molar-refractivity contribution < 1.29 is 21.9 Å². The molecule has 3 heterocycles. The number of aromatic nitrogens is 1. The molecule has 0 unspecified atom stereocenters. The molecular formula is C34H52N2O4. The summed E-state index contributed by atoms with van der Waals surface area (Å²) in [5.41, 5.74) is 5.38. The van der Waals surface area contributed by atoms with Crippen molar-refractivity contribution in [3.8, 4) is 11.5 Å². The first-order chi connectivity index (χ1) is 19.3. The van der Waals surface area contributed by atoms with E-state index in [4.69, 9.17) is 14.2 Å². The van der Waals surface area contributed by atoms with E-state index < -0.39 is 0 Å². The standard InChI is InChI=1S/C30H38N2O4.C4H10.2H2/c1-20-16-28(34-3)26(24-10-12-31-30(20)24)19-32-13-11-23-18-27(32)25-9-8-22(21(2)33)17-29(25)36-15-7-5-4-6-14-35-23;1-4(2)3;;/h8-10,12,16-17,23,27,31H,4-7,11,13-15,18-19H2,1-3H3;4H,1-3H3;2*1H/t23-,27-;;;/m0.../s1. The molecule has 1 saturated heterocycles. The minimum atomic E-state index is 0. The Labute approximate surface area is 243 Å². The normalized spacial score (nSPS) is 20.3. The summed E-state index contributed by atoms with van der Waals surface area (Å²) in [6.07, 6.45) is 8.53. The van der Waals surface area contributed by atoms with E-state index in [9.17, 15) is 4.79 Å². The van der Waals surface area contributed by atoms with Crippen LogP contribution >= 0.6 is 0 Å². The Bertz CT molecular complexity index is 1270. The van der Waals surface area contributed by atoms with Crippen molar-refractivity contribution in [1.82, 2.24) is 9.88 Å². The number of Topliss-reactive ketones (excluding diaryl/α,β-unsaturated/α-hetero) is 1. The first-order valence-corrected chi connectivity index (χ1v) is 15.0. The highest BCUT2D eigenvalue weighted by Gasteiger charge is 2.33. The fourth-order valence-electron chi connectivity index (χ4n) is 5.77. The second-order valence-corrected chi connectivity index (χ2v) is 11.9. The smallest absolute Gasteiger partial charge is 0.159 e. The van der Waals surface area contributed by atoms with Crippen molar-refractivity contribution >= 4 is 16.7 Å². The second-order valence-electron chi connectivity index (χ2n) is 11.9. The number of hydrogen-bond donors (Lipinski definition) is 1. The number of benzene rings is 2. The fraction of sp³-hybridized carbons (Fsp3) is 0.559. The number of likely N-dealkylation sites (tertiary alicyclic amines) is 1. The second kappa shape index (κ2) is 14.2. The molecule has 222 valence electrons. The number of hydrogen-bond acceptors (Lipinski definition) is 5. The SMILES string of the molecule is CC(C)C.COc1cc(C)c2[nH]ccc2c1CN1CC[C@H]2C[C@H]1c1ccc(C(C)=O)cc1OCCCCCCO2.[HH].[HH]. The van der Waals surface area contributed by atoms with E-state index in [0.29, 0.717) is 12.2 Å². The molecule has 0 aliphatic carbocycles. The Balaban J connectivity index is 0.000000967. The predicted octanol–water partition coefficient (Wildman–Crippen LogP) is 8.52. The number of fused-ring (bicyclic) bond motifs is 5. The zero-order chi connectivity index (χ0) is 28.6. The van der Waals surface area contributed by atoms with Gasteiger partial charge in [0.2, 0.25) is 0 Å². The summed E-state index contributed by atoms with van der Waals surface area (Å²) in [6.45, 7) is 13.4. The Morgan fingerprint density at radius 3 is 2.60 bits per heavy atom. The van der Waals surface area contributed by atoms with Crippen LogP contribution in [0.3, 0.4) is 0 Å². The van der Waals surface area contributed by atoms with Crippen LogP contribution in [0.5, 0.6) is 11.5 Å². The van der Waals surface area contributed by atoms with E-state index in [1.807, 2.05) is 18.3 Å². The lowest BCUT2D eigenvalue weighted by molar-refractivity contribution is -0.0203. The molecule has 2 bridgehead atoms. The number of aromatic amines is 1. The number of rotatable bonds is 4. The number of carbonyl (C=O) groups excluding carboxylic acids is 1. The molecule has 0 saturated carbocycles. The molecule has 5 rings (SSSR count). The highest BCUT2D eigenvalue weighted by atomic mass is 16.5. The third-order valence-corrected chi connectivity index (χ3v) is 7.79. The monoisotopic (exact) mass is 552 g/mol. The van der Waals surface area contributed by atoms with Crippen molar-refractivity contribution in [2.24, 2.45) is 5.92 Å². The molecule has 0 radical (unpaired) electrons. The van der Waals surface area contributed by atoms with Gasteiger partial charge in [0.25, 0.3) is 0 Å². The molecule has 2 atom stereocenters. The molecule has 0 amide bonds. The van der Waals surface area contributed by atoms with Gasteiger partial charge in [-0.05, 0) is 75.6 Å². The maximum atomic E-state index is 12.2. The van der Waals surface area contributed by atoms with Crippen molar-refractivity contribution in [3.63, 3.8) is 0 Å². The number of H-pyrrole nitrogens is 1. The van der Waals surface area contributed by atoms with E-state index in [2.05, 4.69) is 55.8 Å². The summed E-state index contributed by atoms with van der Waals surface area (Å²) < 4.78 is 18.6. The lowest BCUT2D eigenvalue weighted by Gasteiger charge is -2.40. The quantitative estimate of drug-likeness (QED) is 0.329. The van der Waals surface area contributed by atoms with Gasteiger partial charge in [0.05, 0.1) is 19.8 Å². The van der Waals surface area contributed by atoms with Gasteiger partial charge in [-0.1, -0.05) is 39.3 Å². The van der Waals surface area contributed by atoms with Crippen LogP contribution in [-0.2, 0) is 11.3 Å². The molecule has 1 fully saturated rings. The summed E-state index contributed by atoms with van der Waals surface area (Å²) in [5.74, 6) is 2.65. The van der Waals surface area contributed by atoms with Gasteiger partial charge in [-0.2, -0.15) is 0 Å². The maximum Gasteiger partial charge on any atom is 0.159 e. The van der Waals surface area contributed by atoms with E-state index in [1.165, 1.54) is 16.5 Å². The van der Waals surface area contributed by atoms with Crippen LogP contribution < -0.4 is 9.47 Å². The maximum absolute atomic E-state index is 12.2. The summed E-state index contributed by atoms with van der Waals surface area (Å²) in [6, 6.07) is 10.4. The zero-order valence-corrected chi connectivity index (χ0v) is 25.3. The number of nitrogens with one attached hydrogen (secondary N) is 1. The van der Waals surface area contributed by atoms with Gasteiger partial charge in [-0.15, -0.1) is 0 Å². The first-order valence-electron chi connectivity index (χ1n) is 15.0. The third kappa shape index (κ3) is 7.46. The number of carbonyl (C=O) groups is 1. The lowest BCUT2D eigenvalue weighted by Crippen LogP contribution is -2.39. The molecule has 1 aromatic heterocycles. The topological polar surface area (TPSA) is 63.8 Å². The molecule has 2 aliphatic rings. The number of aryl methyl sites for hydroxylation is 1.